The largest absolute Gasteiger partial charge is 0.382 e. The molecule has 1 heterocycles. The van der Waals surface area contributed by atoms with Gasteiger partial charge in [-0.2, -0.15) is 0 Å². The summed E-state index contributed by atoms with van der Waals surface area (Å²) in [6.45, 7) is 7.77. The molecule has 0 aromatic heterocycles. The smallest absolute Gasteiger partial charge is 0.115 e. The van der Waals surface area contributed by atoms with Crippen LogP contribution in [0.2, 0.25) is 0 Å². The van der Waals surface area contributed by atoms with Gasteiger partial charge in [0.1, 0.15) is 5.60 Å². The Bertz CT molecular complexity index is 367. The van der Waals surface area contributed by atoms with E-state index in [1.807, 2.05) is 0 Å². The van der Waals surface area contributed by atoms with Crippen LogP contribution >= 0.6 is 0 Å². The molecule has 0 aliphatic carbocycles. The van der Waals surface area contributed by atoms with Gasteiger partial charge in [0.15, 0.2) is 0 Å². The summed E-state index contributed by atoms with van der Waals surface area (Å²) >= 11 is 0. The van der Waals surface area contributed by atoms with Crippen molar-refractivity contribution < 1.29 is 5.11 Å². The second-order valence-electron chi connectivity index (χ2n) is 4.86. The van der Waals surface area contributed by atoms with Gasteiger partial charge in [0.25, 0.3) is 0 Å². The lowest BCUT2D eigenvalue weighted by atomic mass is 9.83. The van der Waals surface area contributed by atoms with Gasteiger partial charge in [-0.15, -0.1) is 0 Å². The molecule has 1 aliphatic heterocycles. The molecule has 0 atom stereocenters. The van der Waals surface area contributed by atoms with Gasteiger partial charge < -0.3 is 10.4 Å². The highest BCUT2D eigenvalue weighted by Crippen LogP contribution is 2.30. The van der Waals surface area contributed by atoms with E-state index in [-0.39, 0.29) is 0 Å². The number of aliphatic hydroxyl groups is 1. The standard InChI is InChI=1S/C13H19NO/c1-9(2)11-5-4-10(3)12(6-11)13(15)7-14-8-13/h4-6,9,14-15H,7-8H2,1-3H3. The minimum absolute atomic E-state index is 0.515. The van der Waals surface area contributed by atoms with Gasteiger partial charge in [0.05, 0.1) is 0 Å². The topological polar surface area (TPSA) is 32.3 Å². The first kappa shape index (κ1) is 10.7. The van der Waals surface area contributed by atoms with Crippen molar-refractivity contribution in [1.29, 1.82) is 0 Å². The maximum Gasteiger partial charge on any atom is 0.115 e. The zero-order valence-electron chi connectivity index (χ0n) is 9.67. The first-order chi connectivity index (χ1) is 7.03. The first-order valence-electron chi connectivity index (χ1n) is 5.57. The Morgan fingerprint density at radius 2 is 2.00 bits per heavy atom. The van der Waals surface area contributed by atoms with Crippen LogP contribution in [0.4, 0.5) is 0 Å². The molecule has 0 bridgehead atoms. The van der Waals surface area contributed by atoms with Crippen molar-refractivity contribution in [3.05, 3.63) is 34.9 Å². The Kier molecular flexibility index (Phi) is 2.57. The average molecular weight is 205 g/mol. The average Bonchev–Trinajstić information content (AvgIpc) is 2.14. The molecule has 0 amide bonds. The number of benzene rings is 1. The summed E-state index contributed by atoms with van der Waals surface area (Å²) in [6.07, 6.45) is 0. The van der Waals surface area contributed by atoms with E-state index in [1.54, 1.807) is 0 Å². The highest BCUT2D eigenvalue weighted by atomic mass is 16.3. The first-order valence-corrected chi connectivity index (χ1v) is 5.57. The van der Waals surface area contributed by atoms with E-state index >= 15 is 0 Å². The summed E-state index contributed by atoms with van der Waals surface area (Å²) in [5.74, 6) is 0.515. The lowest BCUT2D eigenvalue weighted by Crippen LogP contribution is -2.57. The van der Waals surface area contributed by atoms with E-state index in [1.165, 1.54) is 11.1 Å². The lowest BCUT2D eigenvalue weighted by molar-refractivity contribution is -0.0152. The fourth-order valence-electron chi connectivity index (χ4n) is 2.05. The van der Waals surface area contributed by atoms with Crippen molar-refractivity contribution >= 4 is 0 Å². The minimum Gasteiger partial charge on any atom is -0.382 e. The molecule has 2 rings (SSSR count). The second-order valence-corrected chi connectivity index (χ2v) is 4.86. The van der Waals surface area contributed by atoms with Crippen molar-refractivity contribution in [2.45, 2.75) is 32.3 Å². The Balaban J connectivity index is 2.41. The van der Waals surface area contributed by atoms with Gasteiger partial charge in [-0.05, 0) is 29.5 Å². The molecule has 2 heteroatoms. The maximum atomic E-state index is 10.3. The van der Waals surface area contributed by atoms with E-state index in [0.717, 1.165) is 5.56 Å². The van der Waals surface area contributed by atoms with Gasteiger partial charge in [-0.3, -0.25) is 0 Å². The van der Waals surface area contributed by atoms with Crippen molar-refractivity contribution in [3.8, 4) is 0 Å². The summed E-state index contributed by atoms with van der Waals surface area (Å²) in [5, 5.41) is 13.4. The number of nitrogens with one attached hydrogen (secondary N) is 1. The fourth-order valence-corrected chi connectivity index (χ4v) is 2.05. The third-order valence-electron chi connectivity index (χ3n) is 3.26. The van der Waals surface area contributed by atoms with Gasteiger partial charge in [-0.1, -0.05) is 32.0 Å². The molecule has 0 spiro atoms. The van der Waals surface area contributed by atoms with Crippen molar-refractivity contribution in [2.24, 2.45) is 0 Å². The number of hydrogen-bond donors (Lipinski definition) is 2. The molecule has 82 valence electrons. The SMILES string of the molecule is Cc1ccc(C(C)C)cc1C1(O)CNC1. The van der Waals surface area contributed by atoms with E-state index in [0.29, 0.717) is 19.0 Å². The summed E-state index contributed by atoms with van der Waals surface area (Å²) in [6, 6.07) is 6.42. The Labute approximate surface area is 91.3 Å². The quantitative estimate of drug-likeness (QED) is 0.773. The van der Waals surface area contributed by atoms with Gasteiger partial charge in [-0.25, -0.2) is 0 Å². The molecule has 2 N–H and O–H groups in total. The number of rotatable bonds is 2. The molecule has 1 aromatic carbocycles. The lowest BCUT2D eigenvalue weighted by Gasteiger charge is -2.39. The summed E-state index contributed by atoms with van der Waals surface area (Å²) in [5.41, 5.74) is 2.95. The fraction of sp³-hybridized carbons (Fsp3) is 0.538. The van der Waals surface area contributed by atoms with E-state index in [4.69, 9.17) is 0 Å². The van der Waals surface area contributed by atoms with E-state index in [2.05, 4.69) is 44.3 Å². The van der Waals surface area contributed by atoms with Crippen LogP contribution in [0.25, 0.3) is 0 Å². The molecule has 2 nitrogen and oxygen atoms in total. The summed E-state index contributed by atoms with van der Waals surface area (Å²) < 4.78 is 0. The van der Waals surface area contributed by atoms with E-state index < -0.39 is 5.60 Å². The molecule has 0 saturated carbocycles. The molecule has 1 aromatic rings. The summed E-state index contributed by atoms with van der Waals surface area (Å²) in [7, 11) is 0. The highest BCUT2D eigenvalue weighted by Gasteiger charge is 2.37. The molecule has 1 aliphatic rings. The normalized spacial score (nSPS) is 19.0. The van der Waals surface area contributed by atoms with Gasteiger partial charge in [0, 0.05) is 13.1 Å². The Morgan fingerprint density at radius 1 is 1.33 bits per heavy atom. The molecule has 1 saturated heterocycles. The number of aryl methyl sites for hydroxylation is 1. The molecule has 15 heavy (non-hydrogen) atoms. The van der Waals surface area contributed by atoms with Crippen molar-refractivity contribution in [1.82, 2.24) is 5.32 Å². The van der Waals surface area contributed by atoms with Crippen LogP contribution in [0, 0.1) is 6.92 Å². The molecular formula is C13H19NO. The Morgan fingerprint density at radius 3 is 2.47 bits per heavy atom. The van der Waals surface area contributed by atoms with Crippen LogP contribution in [-0.2, 0) is 5.60 Å². The number of hydrogen-bond acceptors (Lipinski definition) is 2. The highest BCUT2D eigenvalue weighted by molar-refractivity contribution is 5.38. The predicted octanol–water partition coefficient (Wildman–Crippen LogP) is 1.91. The van der Waals surface area contributed by atoms with E-state index in [9.17, 15) is 5.11 Å². The van der Waals surface area contributed by atoms with Crippen LogP contribution in [0.5, 0.6) is 0 Å². The maximum absolute atomic E-state index is 10.3. The zero-order valence-corrected chi connectivity index (χ0v) is 9.67. The molecular weight excluding hydrogens is 186 g/mol. The Hall–Kier alpha value is -0.860. The van der Waals surface area contributed by atoms with Crippen molar-refractivity contribution in [2.75, 3.05) is 13.1 Å². The third-order valence-corrected chi connectivity index (χ3v) is 3.26. The van der Waals surface area contributed by atoms with Crippen molar-refractivity contribution in [3.63, 3.8) is 0 Å². The van der Waals surface area contributed by atoms with Crippen LogP contribution in [0.15, 0.2) is 18.2 Å². The van der Waals surface area contributed by atoms with Crippen LogP contribution < -0.4 is 5.32 Å². The van der Waals surface area contributed by atoms with Crippen LogP contribution in [0.3, 0.4) is 0 Å². The summed E-state index contributed by atoms with van der Waals surface area (Å²) in [4.78, 5) is 0. The third kappa shape index (κ3) is 1.80. The molecule has 0 unspecified atom stereocenters. The predicted molar refractivity (Wildman–Crippen MR) is 62.0 cm³/mol. The van der Waals surface area contributed by atoms with Gasteiger partial charge >= 0.3 is 0 Å². The second kappa shape index (κ2) is 3.62. The van der Waals surface area contributed by atoms with Crippen LogP contribution in [0.1, 0.15) is 36.5 Å². The molecule has 1 fully saturated rings. The van der Waals surface area contributed by atoms with Crippen LogP contribution in [-0.4, -0.2) is 18.2 Å². The zero-order chi connectivity index (χ0) is 11.1. The monoisotopic (exact) mass is 205 g/mol. The molecule has 0 radical (unpaired) electrons. The minimum atomic E-state index is -0.630. The number of β-amino-alcohol motifs (C(OH)–C–C–N with tert-alkyl or cyclic N) is 1. The van der Waals surface area contributed by atoms with Gasteiger partial charge in [0.2, 0.25) is 0 Å².